The first-order valence-corrected chi connectivity index (χ1v) is 6.75. The van der Waals surface area contributed by atoms with E-state index in [2.05, 4.69) is 15.6 Å². The average Bonchev–Trinajstić information content (AvgIpc) is 3.03. The van der Waals surface area contributed by atoms with Gasteiger partial charge < -0.3 is 16.3 Å². The van der Waals surface area contributed by atoms with Crippen LogP contribution in [0, 0.1) is 12.3 Å². The molecule has 0 spiro atoms. The Morgan fingerprint density at radius 2 is 2.25 bits per heavy atom. The fourth-order valence-corrected chi connectivity index (χ4v) is 2.84. The number of amides is 1. The molecule has 2 rings (SSSR count). The molecule has 1 fully saturated rings. The van der Waals surface area contributed by atoms with Crippen LogP contribution in [0.1, 0.15) is 36.9 Å². The molecule has 110 valence electrons. The van der Waals surface area contributed by atoms with Crippen molar-refractivity contribution in [3.63, 3.8) is 0 Å². The number of carbonyl (C=O) groups is 1. The highest BCUT2D eigenvalue weighted by atomic mass is 16.4. The predicted molar refractivity (Wildman–Crippen MR) is 74.1 cm³/mol. The lowest BCUT2D eigenvalue weighted by Crippen LogP contribution is -2.48. The van der Waals surface area contributed by atoms with Crippen molar-refractivity contribution in [3.8, 4) is 0 Å². The Labute approximate surface area is 117 Å². The Kier molecular flexibility index (Phi) is 3.96. The van der Waals surface area contributed by atoms with E-state index < -0.39 is 5.41 Å². The van der Waals surface area contributed by atoms with Gasteiger partial charge in [0.25, 0.3) is 0 Å². The molecule has 20 heavy (non-hydrogen) atoms. The first kappa shape index (κ1) is 14.4. The monoisotopic (exact) mass is 279 g/mol. The number of oxime groups is 1. The van der Waals surface area contributed by atoms with Crippen LogP contribution in [0.4, 0.5) is 0 Å². The predicted octanol–water partition coefficient (Wildman–Crippen LogP) is 0.652. The zero-order valence-electron chi connectivity index (χ0n) is 11.9. The molecule has 1 aromatic rings. The third kappa shape index (κ3) is 2.48. The van der Waals surface area contributed by atoms with Gasteiger partial charge in [0.15, 0.2) is 5.84 Å². The lowest BCUT2D eigenvalue weighted by Gasteiger charge is -2.25. The van der Waals surface area contributed by atoms with Crippen LogP contribution in [0.25, 0.3) is 0 Å². The fourth-order valence-electron chi connectivity index (χ4n) is 2.84. The summed E-state index contributed by atoms with van der Waals surface area (Å²) in [5, 5.41) is 19.1. The normalized spacial score (nSPS) is 18.2. The number of hydrogen-bond donors (Lipinski definition) is 3. The zero-order valence-corrected chi connectivity index (χ0v) is 11.9. The van der Waals surface area contributed by atoms with Crippen molar-refractivity contribution in [2.24, 2.45) is 23.4 Å². The van der Waals surface area contributed by atoms with E-state index in [9.17, 15) is 4.79 Å². The molecule has 0 radical (unpaired) electrons. The van der Waals surface area contributed by atoms with Crippen molar-refractivity contribution in [1.29, 1.82) is 0 Å². The number of hydrogen-bond acceptors (Lipinski definition) is 4. The summed E-state index contributed by atoms with van der Waals surface area (Å²) < 4.78 is 1.71. The molecule has 0 saturated heterocycles. The standard InChI is InChI=1S/C13H21N5O2/c1-9-10(8-18(2)16-9)7-15-12(19)13(11(14)17-20)5-3-4-6-13/h8,20H,3-7H2,1-2H3,(H2,14,17)(H,15,19). The Hall–Kier alpha value is -2.05. The van der Waals surface area contributed by atoms with E-state index in [1.54, 1.807) is 4.68 Å². The molecular weight excluding hydrogens is 258 g/mol. The van der Waals surface area contributed by atoms with Crippen LogP contribution in [0.15, 0.2) is 11.4 Å². The zero-order chi connectivity index (χ0) is 14.8. The van der Waals surface area contributed by atoms with Gasteiger partial charge in [-0.1, -0.05) is 18.0 Å². The summed E-state index contributed by atoms with van der Waals surface area (Å²) in [6, 6.07) is 0. The van der Waals surface area contributed by atoms with Gasteiger partial charge in [-0.15, -0.1) is 0 Å². The minimum absolute atomic E-state index is 0.00964. The van der Waals surface area contributed by atoms with Crippen LogP contribution in [0.3, 0.4) is 0 Å². The van der Waals surface area contributed by atoms with E-state index in [4.69, 9.17) is 10.9 Å². The quantitative estimate of drug-likeness (QED) is 0.325. The van der Waals surface area contributed by atoms with E-state index in [1.807, 2.05) is 20.2 Å². The largest absolute Gasteiger partial charge is 0.409 e. The third-order valence-electron chi connectivity index (χ3n) is 4.04. The van der Waals surface area contributed by atoms with Gasteiger partial charge in [-0.3, -0.25) is 9.48 Å². The number of aromatic nitrogens is 2. The Morgan fingerprint density at radius 1 is 1.60 bits per heavy atom. The molecule has 0 unspecified atom stereocenters. The molecular formula is C13H21N5O2. The topological polar surface area (TPSA) is 106 Å². The number of nitrogens with one attached hydrogen (secondary N) is 1. The molecule has 1 aliphatic rings. The van der Waals surface area contributed by atoms with Crippen LogP contribution in [0.2, 0.25) is 0 Å². The molecule has 0 aliphatic heterocycles. The molecule has 0 atom stereocenters. The summed E-state index contributed by atoms with van der Waals surface area (Å²) >= 11 is 0. The number of amidine groups is 1. The van der Waals surface area contributed by atoms with Crippen molar-refractivity contribution in [1.82, 2.24) is 15.1 Å². The van der Waals surface area contributed by atoms with E-state index in [-0.39, 0.29) is 11.7 Å². The summed E-state index contributed by atoms with van der Waals surface area (Å²) in [4.78, 5) is 12.4. The Bertz CT molecular complexity index is 529. The highest BCUT2D eigenvalue weighted by Crippen LogP contribution is 2.38. The maximum Gasteiger partial charge on any atom is 0.234 e. The second-order valence-electron chi connectivity index (χ2n) is 5.37. The van der Waals surface area contributed by atoms with Crippen LogP contribution < -0.4 is 11.1 Å². The number of carbonyl (C=O) groups excluding carboxylic acids is 1. The molecule has 1 heterocycles. The van der Waals surface area contributed by atoms with Crippen LogP contribution >= 0.6 is 0 Å². The van der Waals surface area contributed by atoms with Gasteiger partial charge in [-0.2, -0.15) is 5.10 Å². The summed E-state index contributed by atoms with van der Waals surface area (Å²) in [6.07, 6.45) is 4.95. The summed E-state index contributed by atoms with van der Waals surface area (Å²) in [5.41, 5.74) is 6.74. The van der Waals surface area contributed by atoms with E-state index in [0.29, 0.717) is 19.4 Å². The van der Waals surface area contributed by atoms with Gasteiger partial charge in [0.1, 0.15) is 5.41 Å². The lowest BCUT2D eigenvalue weighted by atomic mass is 9.83. The van der Waals surface area contributed by atoms with Gasteiger partial charge in [-0.05, 0) is 19.8 Å². The van der Waals surface area contributed by atoms with E-state index in [1.165, 1.54) is 0 Å². The molecule has 7 nitrogen and oxygen atoms in total. The third-order valence-corrected chi connectivity index (χ3v) is 4.04. The number of nitrogens with two attached hydrogens (primary N) is 1. The Balaban J connectivity index is 2.08. The molecule has 1 aromatic heterocycles. The summed E-state index contributed by atoms with van der Waals surface area (Å²) in [6.45, 7) is 2.30. The number of aryl methyl sites for hydroxylation is 2. The first-order chi connectivity index (χ1) is 9.49. The molecule has 1 aliphatic carbocycles. The second-order valence-corrected chi connectivity index (χ2v) is 5.37. The van der Waals surface area contributed by atoms with Crippen LogP contribution in [0.5, 0.6) is 0 Å². The van der Waals surface area contributed by atoms with Gasteiger partial charge >= 0.3 is 0 Å². The number of nitrogens with zero attached hydrogens (tertiary/aromatic N) is 3. The first-order valence-electron chi connectivity index (χ1n) is 6.75. The molecule has 0 aromatic carbocycles. The van der Waals surface area contributed by atoms with Crippen molar-refractivity contribution in [2.75, 3.05) is 0 Å². The Morgan fingerprint density at radius 3 is 2.75 bits per heavy atom. The van der Waals surface area contributed by atoms with Crippen LogP contribution in [-0.4, -0.2) is 26.7 Å². The maximum absolute atomic E-state index is 12.4. The second kappa shape index (κ2) is 5.52. The fraction of sp³-hybridized carbons (Fsp3) is 0.615. The van der Waals surface area contributed by atoms with Gasteiger partial charge in [0.2, 0.25) is 5.91 Å². The highest BCUT2D eigenvalue weighted by molar-refractivity contribution is 6.07. The lowest BCUT2D eigenvalue weighted by molar-refractivity contribution is -0.127. The van der Waals surface area contributed by atoms with E-state index >= 15 is 0 Å². The SMILES string of the molecule is Cc1nn(C)cc1CNC(=O)C1(/C(N)=N/O)CCCC1. The highest BCUT2D eigenvalue weighted by Gasteiger charge is 2.45. The minimum atomic E-state index is -0.856. The van der Waals surface area contributed by atoms with Crippen molar-refractivity contribution < 1.29 is 10.0 Å². The minimum Gasteiger partial charge on any atom is -0.409 e. The summed E-state index contributed by atoms with van der Waals surface area (Å²) in [7, 11) is 1.84. The van der Waals surface area contributed by atoms with E-state index in [0.717, 1.165) is 24.1 Å². The van der Waals surface area contributed by atoms with Gasteiger partial charge in [0, 0.05) is 25.4 Å². The van der Waals surface area contributed by atoms with Crippen molar-refractivity contribution in [3.05, 3.63) is 17.5 Å². The number of rotatable bonds is 4. The maximum atomic E-state index is 12.4. The molecule has 1 amide bonds. The van der Waals surface area contributed by atoms with Gasteiger partial charge in [0.05, 0.1) is 5.69 Å². The molecule has 7 heteroatoms. The van der Waals surface area contributed by atoms with Gasteiger partial charge in [-0.25, -0.2) is 0 Å². The van der Waals surface area contributed by atoms with Crippen molar-refractivity contribution >= 4 is 11.7 Å². The molecule has 4 N–H and O–H groups in total. The summed E-state index contributed by atoms with van der Waals surface area (Å²) in [5.74, 6) is -0.163. The van der Waals surface area contributed by atoms with Crippen molar-refractivity contribution in [2.45, 2.75) is 39.2 Å². The smallest absolute Gasteiger partial charge is 0.234 e. The average molecular weight is 279 g/mol. The van der Waals surface area contributed by atoms with Crippen LogP contribution in [-0.2, 0) is 18.4 Å². The molecule has 1 saturated carbocycles. The molecule has 0 bridgehead atoms.